The van der Waals surface area contributed by atoms with E-state index in [1.165, 1.54) is 16.7 Å². The predicted octanol–water partition coefficient (Wildman–Crippen LogP) is 5.44. The molecule has 2 heterocycles. The summed E-state index contributed by atoms with van der Waals surface area (Å²) in [6.45, 7) is 4.27. The van der Waals surface area contributed by atoms with E-state index in [1.54, 1.807) is 18.2 Å². The molecule has 0 saturated heterocycles. The third-order valence-electron chi connectivity index (χ3n) is 7.40. The highest BCUT2D eigenvalue weighted by atomic mass is 19.1. The molecular weight excluding hydrogens is 485 g/mol. The summed E-state index contributed by atoms with van der Waals surface area (Å²) in [7, 11) is 0. The lowest BCUT2D eigenvalue weighted by molar-refractivity contribution is -0.137. The van der Waals surface area contributed by atoms with Crippen molar-refractivity contribution in [3.63, 3.8) is 0 Å². The molecule has 3 aromatic rings. The van der Waals surface area contributed by atoms with Gasteiger partial charge in [-0.05, 0) is 55.2 Å². The maximum Gasteiger partial charge on any atom is 0.303 e. The van der Waals surface area contributed by atoms with Gasteiger partial charge in [0.05, 0.1) is 22.3 Å². The smallest absolute Gasteiger partial charge is 0.303 e. The van der Waals surface area contributed by atoms with E-state index in [1.807, 2.05) is 18.2 Å². The van der Waals surface area contributed by atoms with Crippen molar-refractivity contribution >= 4 is 22.6 Å². The molecule has 38 heavy (non-hydrogen) atoms. The number of hydrogen-bond acceptors (Lipinski definition) is 5. The lowest BCUT2D eigenvalue weighted by Gasteiger charge is -2.27. The first-order valence-electron chi connectivity index (χ1n) is 13.0. The molecule has 8 heteroatoms. The van der Waals surface area contributed by atoms with Gasteiger partial charge in [-0.15, -0.1) is 0 Å². The molecule has 0 amide bonds. The van der Waals surface area contributed by atoms with Gasteiger partial charge >= 0.3 is 5.97 Å². The third kappa shape index (κ3) is 5.03. The van der Waals surface area contributed by atoms with Gasteiger partial charge < -0.3 is 9.94 Å². The molecule has 0 spiro atoms. The Morgan fingerprint density at radius 2 is 1.84 bits per heavy atom. The van der Waals surface area contributed by atoms with Gasteiger partial charge in [-0.3, -0.25) is 14.2 Å². The van der Waals surface area contributed by atoms with Gasteiger partial charge in [-0.2, -0.15) is 0 Å². The Balaban J connectivity index is 1.50. The van der Waals surface area contributed by atoms with Gasteiger partial charge in [0.1, 0.15) is 17.7 Å². The van der Waals surface area contributed by atoms with Crippen LogP contribution in [0.3, 0.4) is 0 Å². The average molecular weight is 516 g/mol. The molecule has 196 valence electrons. The molecule has 2 aromatic carbocycles. The zero-order chi connectivity index (χ0) is 26.8. The van der Waals surface area contributed by atoms with Crippen LogP contribution in [0.2, 0.25) is 0 Å². The average Bonchev–Trinajstić information content (AvgIpc) is 3.28. The van der Waals surface area contributed by atoms with E-state index in [2.05, 4.69) is 37.2 Å². The number of carbonyl (C=O) groups is 1. The molecule has 4 unspecified atom stereocenters. The van der Waals surface area contributed by atoms with Crippen molar-refractivity contribution in [2.45, 2.75) is 45.6 Å². The third-order valence-corrected chi connectivity index (χ3v) is 7.40. The maximum absolute atomic E-state index is 13.6. The number of fused-ring (bicyclic) bond motifs is 1. The van der Waals surface area contributed by atoms with E-state index in [4.69, 9.17) is 14.9 Å². The second kappa shape index (κ2) is 10.7. The van der Waals surface area contributed by atoms with Gasteiger partial charge in [-0.1, -0.05) is 49.4 Å². The monoisotopic (exact) mass is 515 g/mol. The summed E-state index contributed by atoms with van der Waals surface area (Å²) in [6, 6.07) is 11.2. The van der Waals surface area contributed by atoms with Crippen LogP contribution >= 0.6 is 0 Å². The molecule has 1 aliphatic carbocycles. The fourth-order valence-electron chi connectivity index (χ4n) is 5.29. The fraction of sp³-hybridized carbons (Fsp3) is 0.333. The largest absolute Gasteiger partial charge is 0.481 e. The van der Waals surface area contributed by atoms with Gasteiger partial charge in [0, 0.05) is 30.2 Å². The number of benzene rings is 2. The van der Waals surface area contributed by atoms with E-state index in [-0.39, 0.29) is 29.9 Å². The zero-order valence-electron chi connectivity index (χ0n) is 21.4. The molecule has 0 bridgehead atoms. The summed E-state index contributed by atoms with van der Waals surface area (Å²) in [6.07, 6.45) is 9.81. The second-order valence-electron chi connectivity index (χ2n) is 10.0. The molecule has 0 radical (unpaired) electrons. The number of carboxylic acids is 1. The van der Waals surface area contributed by atoms with Crippen LogP contribution in [0.1, 0.15) is 44.5 Å². The van der Waals surface area contributed by atoms with E-state index in [9.17, 15) is 14.0 Å². The van der Waals surface area contributed by atoms with Crippen LogP contribution < -0.4 is 5.56 Å². The number of hydrogen-bond donors (Lipinski definition) is 1. The van der Waals surface area contributed by atoms with Crippen LogP contribution in [-0.4, -0.2) is 32.4 Å². The summed E-state index contributed by atoms with van der Waals surface area (Å²) in [5, 5.41) is 13.9. The number of unbranched alkanes of at least 4 members (excludes halogenated alkanes) is 1. The first-order chi connectivity index (χ1) is 18.3. The minimum atomic E-state index is -0.863. The van der Waals surface area contributed by atoms with E-state index in [0.717, 1.165) is 11.3 Å². The number of allylic oxidation sites excluding steroid dienone is 3. The summed E-state index contributed by atoms with van der Waals surface area (Å²) in [4.78, 5) is 35.3. The van der Waals surface area contributed by atoms with Crippen LogP contribution in [0.4, 0.5) is 4.39 Å². The fourth-order valence-corrected chi connectivity index (χ4v) is 5.29. The SMILES string of the molecule is CC1C=CC=CC1C1ON=C(c2ccc3c(=O)n(-c4ccc(F)cc4)c(CCCCC(=O)O)nc3c2)C1C. The highest BCUT2D eigenvalue weighted by Crippen LogP contribution is 2.34. The number of halogens is 1. The number of nitrogens with zero attached hydrogens (tertiary/aromatic N) is 3. The molecule has 7 nitrogen and oxygen atoms in total. The van der Waals surface area contributed by atoms with Crippen LogP contribution in [-0.2, 0) is 16.1 Å². The topological polar surface area (TPSA) is 93.8 Å². The van der Waals surface area contributed by atoms with Crippen molar-refractivity contribution in [3.05, 3.63) is 94.3 Å². The number of aliphatic carboxylic acids is 1. The normalized spacial score (nSPS) is 22.4. The second-order valence-corrected chi connectivity index (χ2v) is 10.0. The van der Waals surface area contributed by atoms with Crippen molar-refractivity contribution in [1.29, 1.82) is 0 Å². The molecule has 2 aliphatic rings. The predicted molar refractivity (Wildman–Crippen MR) is 144 cm³/mol. The lowest BCUT2D eigenvalue weighted by Crippen LogP contribution is -2.32. The molecule has 1 aromatic heterocycles. The number of aromatic nitrogens is 2. The Morgan fingerprint density at radius 3 is 2.58 bits per heavy atom. The van der Waals surface area contributed by atoms with Crippen LogP contribution in [0.15, 0.2) is 76.7 Å². The Labute approximate surface area is 220 Å². The van der Waals surface area contributed by atoms with Crippen molar-refractivity contribution in [3.8, 4) is 5.69 Å². The van der Waals surface area contributed by atoms with Gasteiger partial charge in [0.2, 0.25) is 0 Å². The van der Waals surface area contributed by atoms with E-state index < -0.39 is 11.8 Å². The molecule has 1 N–H and O–H groups in total. The van der Waals surface area contributed by atoms with Crippen molar-refractivity contribution < 1.29 is 19.1 Å². The van der Waals surface area contributed by atoms with Gasteiger partial charge in [0.25, 0.3) is 5.56 Å². The number of rotatable bonds is 8. The maximum atomic E-state index is 13.6. The van der Waals surface area contributed by atoms with Gasteiger partial charge in [0.15, 0.2) is 0 Å². The van der Waals surface area contributed by atoms with Crippen molar-refractivity contribution in [1.82, 2.24) is 9.55 Å². The first-order valence-corrected chi connectivity index (χ1v) is 13.0. The Morgan fingerprint density at radius 1 is 1.08 bits per heavy atom. The Kier molecular flexibility index (Phi) is 7.22. The quantitative estimate of drug-likeness (QED) is 0.403. The van der Waals surface area contributed by atoms with E-state index >= 15 is 0 Å². The summed E-state index contributed by atoms with van der Waals surface area (Å²) < 4.78 is 15.1. The summed E-state index contributed by atoms with van der Waals surface area (Å²) >= 11 is 0. The zero-order valence-corrected chi connectivity index (χ0v) is 21.4. The van der Waals surface area contributed by atoms with Crippen LogP contribution in [0, 0.1) is 23.6 Å². The summed E-state index contributed by atoms with van der Waals surface area (Å²) in [5.74, 6) is -0.155. The molecule has 1 aliphatic heterocycles. The molecule has 0 saturated carbocycles. The minimum Gasteiger partial charge on any atom is -0.481 e. The molecule has 5 rings (SSSR count). The number of carboxylic acid groups (broad SMARTS) is 1. The highest BCUT2D eigenvalue weighted by molar-refractivity contribution is 6.05. The lowest BCUT2D eigenvalue weighted by atomic mass is 9.79. The van der Waals surface area contributed by atoms with Crippen LogP contribution in [0.25, 0.3) is 16.6 Å². The number of aryl methyl sites for hydroxylation is 1. The molecular formula is C30H30FN3O4. The first kappa shape index (κ1) is 25.6. The molecule has 0 fully saturated rings. The van der Waals surface area contributed by atoms with Gasteiger partial charge in [-0.25, -0.2) is 9.37 Å². The van der Waals surface area contributed by atoms with Crippen LogP contribution in [0.5, 0.6) is 0 Å². The Bertz CT molecular complexity index is 1510. The summed E-state index contributed by atoms with van der Waals surface area (Å²) in [5.41, 5.74) is 2.45. The Hall–Kier alpha value is -4.07. The molecule has 4 atom stereocenters. The standard InChI is InChI=1S/C30H30FN3O4/c1-18-7-3-4-8-23(18)29-19(2)28(33-38-29)20-11-16-24-25(17-20)32-26(9-5-6-10-27(35)36)34(30(24)37)22-14-12-21(31)13-15-22/h3-4,7-8,11-19,23,29H,5-6,9-10H2,1-2H3,(H,35,36). The minimum absolute atomic E-state index is 0.0436. The van der Waals surface area contributed by atoms with Crippen molar-refractivity contribution in [2.75, 3.05) is 0 Å². The van der Waals surface area contributed by atoms with Crippen molar-refractivity contribution in [2.24, 2.45) is 22.9 Å². The highest BCUT2D eigenvalue weighted by Gasteiger charge is 2.38. The number of oxime groups is 1. The van der Waals surface area contributed by atoms with E-state index in [0.29, 0.717) is 47.6 Å².